The highest BCUT2D eigenvalue weighted by Crippen LogP contribution is 2.61. The van der Waals surface area contributed by atoms with Crippen LogP contribution in [0.1, 0.15) is 99.6 Å². The van der Waals surface area contributed by atoms with E-state index >= 15 is 4.39 Å². The minimum atomic E-state index is -0.809. The molecule has 0 saturated carbocycles. The second-order valence-electron chi connectivity index (χ2n) is 10.2. The van der Waals surface area contributed by atoms with Crippen LogP contribution in [0.25, 0.3) is 31.2 Å². The van der Waals surface area contributed by atoms with Gasteiger partial charge in [0.1, 0.15) is 11.0 Å². The van der Waals surface area contributed by atoms with Gasteiger partial charge in [-0.2, -0.15) is 8.75 Å². The summed E-state index contributed by atoms with van der Waals surface area (Å²) in [5.41, 5.74) is 4.24. The molecule has 3 heterocycles. The topological polar surface area (TPSA) is 25.8 Å². The maximum Gasteiger partial charge on any atom is 0.170 e. The third-order valence-corrected chi connectivity index (χ3v) is 10.7. The van der Waals surface area contributed by atoms with Crippen molar-refractivity contribution in [2.24, 2.45) is 0 Å². The summed E-state index contributed by atoms with van der Waals surface area (Å²) < 4.78 is 39.1. The fourth-order valence-electron chi connectivity index (χ4n) is 5.90. The summed E-state index contributed by atoms with van der Waals surface area (Å²) in [7, 11) is 0. The summed E-state index contributed by atoms with van der Waals surface area (Å²) in [6, 6.07) is 4.58. The van der Waals surface area contributed by atoms with Gasteiger partial charge in [0.05, 0.1) is 17.3 Å². The quantitative estimate of drug-likeness (QED) is 0.176. The largest absolute Gasteiger partial charge is 0.203 e. The highest BCUT2D eigenvalue weighted by molar-refractivity contribution is 7.24. The highest BCUT2D eigenvalue weighted by atomic mass is 32.1. The molecule has 3 aromatic heterocycles. The van der Waals surface area contributed by atoms with E-state index < -0.39 is 11.6 Å². The Hall–Kier alpha value is -1.70. The number of unbranched alkanes of at least 4 members (excludes halogenated alkanes) is 6. The van der Waals surface area contributed by atoms with Crippen LogP contribution in [0.15, 0.2) is 12.1 Å². The molecule has 0 amide bonds. The number of aryl methyl sites for hydroxylation is 2. The molecule has 4 aromatic rings. The van der Waals surface area contributed by atoms with Crippen LogP contribution in [-0.4, -0.2) is 8.75 Å². The lowest BCUT2D eigenvalue weighted by atomic mass is 9.71. The molecule has 1 aliphatic carbocycles. The Bertz CT molecular complexity index is 1370. The lowest BCUT2D eigenvalue weighted by Crippen LogP contribution is -2.25. The SMILES string of the molecule is CCCCCCC1(CCCCCC)c2cc(C)sc2-c2sc(-c3c(F)c(F)c(C)c4nsnc34)cc21. The van der Waals surface area contributed by atoms with Gasteiger partial charge in [-0.25, -0.2) is 8.78 Å². The first-order chi connectivity index (χ1) is 17.4. The molecule has 0 unspecified atom stereocenters. The Morgan fingerprint density at radius 3 is 2.03 bits per heavy atom. The van der Waals surface area contributed by atoms with Crippen molar-refractivity contribution in [1.29, 1.82) is 0 Å². The van der Waals surface area contributed by atoms with Crippen LogP contribution in [0, 0.1) is 25.5 Å². The van der Waals surface area contributed by atoms with Crippen molar-refractivity contribution >= 4 is 45.4 Å². The van der Waals surface area contributed by atoms with E-state index in [1.54, 1.807) is 18.3 Å². The summed E-state index contributed by atoms with van der Waals surface area (Å²) >= 11 is 4.48. The molecule has 36 heavy (non-hydrogen) atoms. The minimum Gasteiger partial charge on any atom is -0.203 e. The minimum absolute atomic E-state index is 0.0369. The van der Waals surface area contributed by atoms with E-state index in [-0.39, 0.29) is 16.5 Å². The molecular formula is C29H34F2N2S3. The Morgan fingerprint density at radius 2 is 1.36 bits per heavy atom. The number of hydrogen-bond donors (Lipinski definition) is 0. The van der Waals surface area contributed by atoms with Crippen molar-refractivity contribution < 1.29 is 8.78 Å². The maximum atomic E-state index is 15.5. The normalized spacial score (nSPS) is 14.1. The fourth-order valence-corrected chi connectivity index (χ4v) is 9.07. The van der Waals surface area contributed by atoms with Gasteiger partial charge in [0.15, 0.2) is 11.6 Å². The smallest absolute Gasteiger partial charge is 0.170 e. The van der Waals surface area contributed by atoms with Crippen molar-refractivity contribution in [1.82, 2.24) is 8.75 Å². The number of aromatic nitrogens is 2. The number of rotatable bonds is 11. The predicted molar refractivity (Wildman–Crippen MR) is 152 cm³/mol. The third kappa shape index (κ3) is 4.25. The van der Waals surface area contributed by atoms with Gasteiger partial charge in [-0.1, -0.05) is 65.2 Å². The van der Waals surface area contributed by atoms with E-state index in [2.05, 4.69) is 41.7 Å². The number of benzene rings is 1. The van der Waals surface area contributed by atoms with E-state index in [1.807, 2.05) is 11.3 Å². The third-order valence-electron chi connectivity index (χ3n) is 7.81. The summed E-state index contributed by atoms with van der Waals surface area (Å²) in [6.07, 6.45) is 12.0. The first-order valence-electron chi connectivity index (χ1n) is 13.3. The predicted octanol–water partition coefficient (Wildman–Crippen LogP) is 10.6. The molecule has 7 heteroatoms. The van der Waals surface area contributed by atoms with E-state index in [0.717, 1.165) is 29.4 Å². The average Bonchev–Trinajstić information content (AvgIpc) is 3.63. The molecule has 0 fully saturated rings. The van der Waals surface area contributed by atoms with Gasteiger partial charge in [0, 0.05) is 30.5 Å². The van der Waals surface area contributed by atoms with Crippen LogP contribution in [0.4, 0.5) is 8.78 Å². The van der Waals surface area contributed by atoms with Gasteiger partial charge < -0.3 is 0 Å². The molecule has 1 aromatic carbocycles. The van der Waals surface area contributed by atoms with Crippen molar-refractivity contribution in [3.63, 3.8) is 0 Å². The van der Waals surface area contributed by atoms with Crippen molar-refractivity contribution in [3.8, 4) is 20.2 Å². The average molecular weight is 545 g/mol. The number of halogens is 2. The number of thiophene rings is 2. The monoisotopic (exact) mass is 544 g/mol. The second kappa shape index (κ2) is 10.6. The Morgan fingerprint density at radius 1 is 0.750 bits per heavy atom. The Kier molecular flexibility index (Phi) is 7.62. The highest BCUT2D eigenvalue weighted by Gasteiger charge is 2.45. The van der Waals surface area contributed by atoms with Gasteiger partial charge >= 0.3 is 0 Å². The molecule has 0 bridgehead atoms. The van der Waals surface area contributed by atoms with Gasteiger partial charge in [-0.15, -0.1) is 22.7 Å². The standard InChI is InChI=1S/C29H34F2N2S3/c1-5-7-9-11-13-29(14-12-10-8-6-2)19-15-17(3)34-27(19)28-20(29)16-21(35-28)22-24(31)23(30)18(4)25-26(22)33-36-32-25/h15-16H,5-14H2,1-4H3. The van der Waals surface area contributed by atoms with Crippen LogP contribution in [0.5, 0.6) is 0 Å². The van der Waals surface area contributed by atoms with E-state index in [9.17, 15) is 4.39 Å². The molecule has 0 saturated heterocycles. The van der Waals surface area contributed by atoms with Crippen LogP contribution in [0.2, 0.25) is 0 Å². The van der Waals surface area contributed by atoms with E-state index in [0.29, 0.717) is 11.0 Å². The summed E-state index contributed by atoms with van der Waals surface area (Å²) in [4.78, 5) is 4.69. The molecule has 0 N–H and O–H groups in total. The lowest BCUT2D eigenvalue weighted by Gasteiger charge is -2.31. The molecule has 0 spiro atoms. The molecule has 192 valence electrons. The molecular weight excluding hydrogens is 511 g/mol. The Labute approximate surface area is 225 Å². The van der Waals surface area contributed by atoms with Crippen LogP contribution in [0.3, 0.4) is 0 Å². The van der Waals surface area contributed by atoms with Crippen LogP contribution in [-0.2, 0) is 5.41 Å². The molecule has 0 aliphatic heterocycles. The number of hydrogen-bond acceptors (Lipinski definition) is 5. The molecule has 5 rings (SSSR count). The van der Waals surface area contributed by atoms with Gasteiger partial charge in [-0.3, -0.25) is 0 Å². The van der Waals surface area contributed by atoms with E-state index in [4.69, 9.17) is 0 Å². The number of fused-ring (bicyclic) bond motifs is 4. The summed E-state index contributed by atoms with van der Waals surface area (Å²) in [6.45, 7) is 8.28. The fraction of sp³-hybridized carbons (Fsp3) is 0.517. The van der Waals surface area contributed by atoms with Gasteiger partial charge in [0.2, 0.25) is 0 Å². The molecule has 1 aliphatic rings. The van der Waals surface area contributed by atoms with Crippen LogP contribution < -0.4 is 0 Å². The number of nitrogens with zero attached hydrogens (tertiary/aromatic N) is 2. The van der Waals surface area contributed by atoms with Gasteiger partial charge in [-0.05, 0) is 49.9 Å². The zero-order valence-corrected chi connectivity index (χ0v) is 24.1. The zero-order chi connectivity index (χ0) is 25.4. The maximum absolute atomic E-state index is 15.5. The van der Waals surface area contributed by atoms with Gasteiger partial charge in [0.25, 0.3) is 0 Å². The summed E-state index contributed by atoms with van der Waals surface area (Å²) in [5, 5.41) is 0. The molecule has 0 atom stereocenters. The Balaban J connectivity index is 1.65. The zero-order valence-electron chi connectivity index (χ0n) is 21.6. The van der Waals surface area contributed by atoms with Crippen molar-refractivity contribution in [2.45, 2.75) is 97.3 Å². The van der Waals surface area contributed by atoms with Crippen LogP contribution >= 0.6 is 34.4 Å². The first-order valence-corrected chi connectivity index (χ1v) is 15.6. The lowest BCUT2D eigenvalue weighted by molar-refractivity contribution is 0.402. The van der Waals surface area contributed by atoms with Crippen molar-refractivity contribution in [3.05, 3.63) is 45.3 Å². The second-order valence-corrected chi connectivity index (χ2v) is 13.1. The molecule has 2 nitrogen and oxygen atoms in total. The summed E-state index contributed by atoms with van der Waals surface area (Å²) in [5.74, 6) is -1.61. The first kappa shape index (κ1) is 25.9. The van der Waals surface area contributed by atoms with Crippen molar-refractivity contribution in [2.75, 3.05) is 0 Å². The van der Waals surface area contributed by atoms with E-state index in [1.165, 1.54) is 77.1 Å². The molecule has 0 radical (unpaired) electrons.